The molecule has 1 aliphatic rings. The molecule has 1 saturated carbocycles. The molecule has 14 heavy (non-hydrogen) atoms. The standard InChI is InChI=1S/C12H22O2/c1-2-3-10-12(13)14-11-8-6-4-5-7-9-11/h11H,2-10H2,1H3. The second-order valence-electron chi connectivity index (χ2n) is 4.21. The summed E-state index contributed by atoms with van der Waals surface area (Å²) in [4.78, 5) is 11.4. The molecule has 0 heterocycles. The molecule has 0 amide bonds. The van der Waals surface area contributed by atoms with E-state index in [1.807, 2.05) is 0 Å². The molecule has 1 fully saturated rings. The summed E-state index contributed by atoms with van der Waals surface area (Å²) in [6.07, 6.45) is 10.1. The molecule has 2 heteroatoms. The van der Waals surface area contributed by atoms with Crippen LogP contribution < -0.4 is 0 Å². The minimum Gasteiger partial charge on any atom is -0.462 e. The Hall–Kier alpha value is -0.530. The maximum atomic E-state index is 11.4. The summed E-state index contributed by atoms with van der Waals surface area (Å²) in [5.74, 6) is 0.0127. The third kappa shape index (κ3) is 4.64. The summed E-state index contributed by atoms with van der Waals surface area (Å²) in [5, 5.41) is 0. The van der Waals surface area contributed by atoms with Gasteiger partial charge in [-0.3, -0.25) is 4.79 Å². The largest absolute Gasteiger partial charge is 0.462 e. The van der Waals surface area contributed by atoms with Gasteiger partial charge in [-0.1, -0.05) is 26.2 Å². The van der Waals surface area contributed by atoms with Crippen LogP contribution >= 0.6 is 0 Å². The average Bonchev–Trinajstić information content (AvgIpc) is 2.43. The van der Waals surface area contributed by atoms with E-state index in [0.717, 1.165) is 25.7 Å². The zero-order valence-electron chi connectivity index (χ0n) is 9.26. The van der Waals surface area contributed by atoms with E-state index in [0.29, 0.717) is 6.42 Å². The molecule has 1 rings (SSSR count). The van der Waals surface area contributed by atoms with Crippen molar-refractivity contribution in [1.82, 2.24) is 0 Å². The molecule has 0 aromatic carbocycles. The van der Waals surface area contributed by atoms with Gasteiger partial charge in [0.25, 0.3) is 0 Å². The smallest absolute Gasteiger partial charge is 0.306 e. The van der Waals surface area contributed by atoms with Crippen molar-refractivity contribution in [3.8, 4) is 0 Å². The number of ether oxygens (including phenoxy) is 1. The lowest BCUT2D eigenvalue weighted by Crippen LogP contribution is -2.17. The van der Waals surface area contributed by atoms with Crippen molar-refractivity contribution in [2.45, 2.75) is 70.8 Å². The topological polar surface area (TPSA) is 26.3 Å². The van der Waals surface area contributed by atoms with Crippen molar-refractivity contribution in [1.29, 1.82) is 0 Å². The van der Waals surface area contributed by atoms with Crippen molar-refractivity contribution in [3.63, 3.8) is 0 Å². The molecule has 0 aliphatic heterocycles. The van der Waals surface area contributed by atoms with E-state index in [1.165, 1.54) is 25.7 Å². The number of esters is 1. The van der Waals surface area contributed by atoms with Crippen LogP contribution in [0, 0.1) is 0 Å². The first-order valence-electron chi connectivity index (χ1n) is 6.02. The fourth-order valence-corrected chi connectivity index (χ4v) is 1.93. The molecular formula is C12H22O2. The first-order valence-corrected chi connectivity index (χ1v) is 6.02. The first kappa shape index (κ1) is 11.5. The Labute approximate surface area is 87.0 Å². The van der Waals surface area contributed by atoms with E-state index in [1.54, 1.807) is 0 Å². The minimum atomic E-state index is 0.0127. The summed E-state index contributed by atoms with van der Waals surface area (Å²) >= 11 is 0. The minimum absolute atomic E-state index is 0.0127. The van der Waals surface area contributed by atoms with Crippen molar-refractivity contribution in [3.05, 3.63) is 0 Å². The summed E-state index contributed by atoms with van der Waals surface area (Å²) in [6.45, 7) is 2.10. The van der Waals surface area contributed by atoms with Crippen LogP contribution in [-0.4, -0.2) is 12.1 Å². The van der Waals surface area contributed by atoms with Gasteiger partial charge in [-0.25, -0.2) is 0 Å². The fourth-order valence-electron chi connectivity index (χ4n) is 1.93. The van der Waals surface area contributed by atoms with Crippen LogP contribution in [0.3, 0.4) is 0 Å². The summed E-state index contributed by atoms with van der Waals surface area (Å²) in [5.41, 5.74) is 0. The van der Waals surface area contributed by atoms with Crippen LogP contribution in [-0.2, 0) is 9.53 Å². The number of unbranched alkanes of at least 4 members (excludes halogenated alkanes) is 1. The molecule has 0 bridgehead atoms. The summed E-state index contributed by atoms with van der Waals surface area (Å²) in [6, 6.07) is 0. The second-order valence-corrected chi connectivity index (χ2v) is 4.21. The molecule has 0 aromatic heterocycles. The van der Waals surface area contributed by atoms with Crippen LogP contribution in [0.1, 0.15) is 64.7 Å². The van der Waals surface area contributed by atoms with Gasteiger partial charge in [0.05, 0.1) is 0 Å². The lowest BCUT2D eigenvalue weighted by Gasteiger charge is -2.15. The quantitative estimate of drug-likeness (QED) is 0.511. The molecule has 0 unspecified atom stereocenters. The Morgan fingerprint density at radius 3 is 2.43 bits per heavy atom. The Morgan fingerprint density at radius 2 is 1.86 bits per heavy atom. The van der Waals surface area contributed by atoms with E-state index in [4.69, 9.17) is 4.74 Å². The lowest BCUT2D eigenvalue weighted by atomic mass is 10.1. The van der Waals surface area contributed by atoms with Gasteiger partial charge in [0, 0.05) is 6.42 Å². The molecule has 2 nitrogen and oxygen atoms in total. The van der Waals surface area contributed by atoms with Gasteiger partial charge in [0.15, 0.2) is 0 Å². The van der Waals surface area contributed by atoms with E-state index in [-0.39, 0.29) is 12.1 Å². The van der Waals surface area contributed by atoms with E-state index < -0.39 is 0 Å². The van der Waals surface area contributed by atoms with Gasteiger partial charge >= 0.3 is 5.97 Å². The highest BCUT2D eigenvalue weighted by Crippen LogP contribution is 2.20. The van der Waals surface area contributed by atoms with Crippen molar-refractivity contribution >= 4 is 5.97 Å². The molecule has 0 spiro atoms. The highest BCUT2D eigenvalue weighted by Gasteiger charge is 2.15. The SMILES string of the molecule is CCCCC(=O)OC1CCCCCC1. The molecule has 0 saturated heterocycles. The molecule has 0 N–H and O–H groups in total. The van der Waals surface area contributed by atoms with Crippen LogP contribution in [0.5, 0.6) is 0 Å². The number of carbonyl (C=O) groups excluding carboxylic acids is 1. The number of rotatable bonds is 4. The van der Waals surface area contributed by atoms with Crippen LogP contribution in [0.25, 0.3) is 0 Å². The van der Waals surface area contributed by atoms with Gasteiger partial charge in [-0.2, -0.15) is 0 Å². The predicted molar refractivity (Wildman–Crippen MR) is 57.1 cm³/mol. The molecule has 0 aromatic rings. The Morgan fingerprint density at radius 1 is 1.21 bits per heavy atom. The fraction of sp³-hybridized carbons (Fsp3) is 0.917. The van der Waals surface area contributed by atoms with Gasteiger partial charge in [0.2, 0.25) is 0 Å². The number of hydrogen-bond acceptors (Lipinski definition) is 2. The first-order chi connectivity index (χ1) is 6.83. The highest BCUT2D eigenvalue weighted by atomic mass is 16.5. The molecule has 0 radical (unpaired) electrons. The van der Waals surface area contributed by atoms with E-state index in [2.05, 4.69) is 6.92 Å². The average molecular weight is 198 g/mol. The van der Waals surface area contributed by atoms with Crippen LogP contribution in [0.4, 0.5) is 0 Å². The predicted octanol–water partition coefficient (Wildman–Crippen LogP) is 3.44. The monoisotopic (exact) mass is 198 g/mol. The molecule has 82 valence electrons. The van der Waals surface area contributed by atoms with Crippen molar-refractivity contribution in [2.75, 3.05) is 0 Å². The Bertz CT molecular complexity index is 158. The normalized spacial score (nSPS) is 18.9. The highest BCUT2D eigenvalue weighted by molar-refractivity contribution is 5.69. The van der Waals surface area contributed by atoms with Gasteiger partial charge in [-0.05, 0) is 32.1 Å². The second kappa shape index (κ2) is 6.86. The Balaban J connectivity index is 2.17. The summed E-state index contributed by atoms with van der Waals surface area (Å²) < 4.78 is 5.43. The summed E-state index contributed by atoms with van der Waals surface area (Å²) in [7, 11) is 0. The Kier molecular flexibility index (Phi) is 5.65. The lowest BCUT2D eigenvalue weighted by molar-refractivity contribution is -0.149. The van der Waals surface area contributed by atoms with Crippen molar-refractivity contribution in [2.24, 2.45) is 0 Å². The van der Waals surface area contributed by atoms with E-state index in [9.17, 15) is 4.79 Å². The van der Waals surface area contributed by atoms with Gasteiger partial charge in [-0.15, -0.1) is 0 Å². The van der Waals surface area contributed by atoms with Crippen LogP contribution in [0.2, 0.25) is 0 Å². The van der Waals surface area contributed by atoms with Gasteiger partial charge < -0.3 is 4.74 Å². The number of hydrogen-bond donors (Lipinski definition) is 0. The maximum absolute atomic E-state index is 11.4. The molecule has 1 aliphatic carbocycles. The third-order valence-corrected chi connectivity index (χ3v) is 2.83. The number of carbonyl (C=O) groups is 1. The third-order valence-electron chi connectivity index (χ3n) is 2.83. The van der Waals surface area contributed by atoms with Crippen LogP contribution in [0.15, 0.2) is 0 Å². The zero-order chi connectivity index (χ0) is 10.2. The molecular weight excluding hydrogens is 176 g/mol. The maximum Gasteiger partial charge on any atom is 0.306 e. The van der Waals surface area contributed by atoms with Gasteiger partial charge in [0.1, 0.15) is 6.10 Å². The van der Waals surface area contributed by atoms with E-state index >= 15 is 0 Å². The molecule has 0 atom stereocenters. The van der Waals surface area contributed by atoms with Crippen molar-refractivity contribution < 1.29 is 9.53 Å². The zero-order valence-corrected chi connectivity index (χ0v) is 9.26.